The summed E-state index contributed by atoms with van der Waals surface area (Å²) in [5, 5.41) is 9.78. The molecule has 24 heavy (non-hydrogen) atoms. The Labute approximate surface area is 141 Å². The van der Waals surface area contributed by atoms with Crippen LogP contribution in [0.15, 0.2) is 36.5 Å². The minimum atomic E-state index is -0.0944. The lowest BCUT2D eigenvalue weighted by atomic mass is 9.99. The number of H-pyrrole nitrogens is 1. The van der Waals surface area contributed by atoms with Crippen LogP contribution in [0.25, 0.3) is 0 Å². The predicted octanol–water partition coefficient (Wildman–Crippen LogP) is 2.13. The van der Waals surface area contributed by atoms with Crippen molar-refractivity contribution in [3.63, 3.8) is 0 Å². The van der Waals surface area contributed by atoms with E-state index in [2.05, 4.69) is 32.5 Å². The fourth-order valence-electron chi connectivity index (χ4n) is 3.66. The van der Waals surface area contributed by atoms with Crippen LogP contribution >= 0.6 is 0 Å². The molecule has 1 aromatic carbocycles. The molecule has 2 aliphatic rings. The van der Waals surface area contributed by atoms with E-state index >= 15 is 0 Å². The third-order valence-corrected chi connectivity index (χ3v) is 4.95. The van der Waals surface area contributed by atoms with E-state index in [9.17, 15) is 4.79 Å². The van der Waals surface area contributed by atoms with Crippen LogP contribution in [0.4, 0.5) is 0 Å². The fraction of sp³-hybridized carbons (Fsp3) is 0.444. The van der Waals surface area contributed by atoms with E-state index in [1.807, 2.05) is 12.1 Å². The van der Waals surface area contributed by atoms with Gasteiger partial charge >= 0.3 is 0 Å². The van der Waals surface area contributed by atoms with Gasteiger partial charge < -0.3 is 10.1 Å². The molecule has 1 saturated heterocycles. The molecule has 2 fully saturated rings. The smallest absolute Gasteiger partial charge is 0.269 e. The minimum Gasteiger partial charge on any atom is -0.497 e. The van der Waals surface area contributed by atoms with E-state index in [0.717, 1.165) is 18.7 Å². The Morgan fingerprint density at radius 3 is 2.92 bits per heavy atom. The molecule has 6 heteroatoms. The van der Waals surface area contributed by atoms with E-state index in [-0.39, 0.29) is 18.0 Å². The van der Waals surface area contributed by atoms with Crippen molar-refractivity contribution in [1.82, 2.24) is 20.4 Å². The molecule has 2 atom stereocenters. The highest BCUT2D eigenvalue weighted by Gasteiger charge is 2.43. The SMILES string of the molecule is COc1cccc(C2C(NC(=O)c3ccn[nH]3)CCN2C2CC2)c1. The highest BCUT2D eigenvalue weighted by atomic mass is 16.5. The van der Waals surface area contributed by atoms with E-state index in [1.165, 1.54) is 18.4 Å². The molecule has 0 radical (unpaired) electrons. The first-order valence-corrected chi connectivity index (χ1v) is 8.46. The van der Waals surface area contributed by atoms with Gasteiger partial charge in [0.2, 0.25) is 0 Å². The van der Waals surface area contributed by atoms with Gasteiger partial charge in [-0.1, -0.05) is 12.1 Å². The number of hydrogen-bond acceptors (Lipinski definition) is 4. The molecular formula is C18H22N4O2. The number of amides is 1. The average molecular weight is 326 g/mol. The van der Waals surface area contributed by atoms with Crippen LogP contribution in [0, 0.1) is 0 Å². The van der Waals surface area contributed by atoms with Crippen LogP contribution in [0.2, 0.25) is 0 Å². The number of benzene rings is 1. The van der Waals surface area contributed by atoms with Crippen molar-refractivity contribution in [2.75, 3.05) is 13.7 Å². The lowest BCUT2D eigenvalue weighted by Gasteiger charge is -2.29. The molecule has 126 valence electrons. The van der Waals surface area contributed by atoms with E-state index in [4.69, 9.17) is 4.74 Å². The van der Waals surface area contributed by atoms with Gasteiger partial charge in [-0.3, -0.25) is 14.8 Å². The standard InChI is InChI=1S/C18H22N4O2/c1-24-14-4-2-3-12(11-14)17-15(8-10-22(17)13-5-6-13)20-18(23)16-7-9-19-21-16/h2-4,7,9,11,13,15,17H,5-6,8,10H2,1H3,(H,19,21)(H,20,23). The molecule has 2 unspecified atom stereocenters. The normalized spacial score (nSPS) is 24.0. The number of nitrogens with one attached hydrogen (secondary N) is 2. The Morgan fingerprint density at radius 1 is 1.33 bits per heavy atom. The van der Waals surface area contributed by atoms with Crippen molar-refractivity contribution in [3.05, 3.63) is 47.8 Å². The number of rotatable bonds is 5. The molecule has 1 aromatic heterocycles. The Morgan fingerprint density at radius 2 is 2.21 bits per heavy atom. The van der Waals surface area contributed by atoms with Crippen LogP contribution in [0.1, 0.15) is 41.4 Å². The minimum absolute atomic E-state index is 0.0912. The van der Waals surface area contributed by atoms with Gasteiger partial charge in [0, 0.05) is 18.8 Å². The number of ether oxygens (including phenoxy) is 1. The first-order valence-electron chi connectivity index (χ1n) is 8.46. The van der Waals surface area contributed by atoms with Crippen molar-refractivity contribution in [2.45, 2.75) is 37.4 Å². The molecule has 1 saturated carbocycles. The Bertz CT molecular complexity index is 712. The molecule has 4 rings (SSSR count). The first kappa shape index (κ1) is 15.2. The van der Waals surface area contributed by atoms with Gasteiger partial charge in [0.25, 0.3) is 5.91 Å². The lowest BCUT2D eigenvalue weighted by molar-refractivity contribution is 0.0918. The third kappa shape index (κ3) is 2.89. The molecule has 0 spiro atoms. The van der Waals surface area contributed by atoms with Crippen molar-refractivity contribution >= 4 is 5.91 Å². The van der Waals surface area contributed by atoms with Crippen LogP contribution in [-0.2, 0) is 0 Å². The number of carbonyl (C=O) groups is 1. The van der Waals surface area contributed by atoms with Gasteiger partial charge in [-0.05, 0) is 43.0 Å². The second kappa shape index (κ2) is 6.28. The zero-order valence-electron chi connectivity index (χ0n) is 13.7. The van der Waals surface area contributed by atoms with Gasteiger partial charge in [0.1, 0.15) is 11.4 Å². The molecule has 1 amide bonds. The summed E-state index contributed by atoms with van der Waals surface area (Å²) < 4.78 is 5.38. The Hall–Kier alpha value is -2.34. The van der Waals surface area contributed by atoms with E-state index in [1.54, 1.807) is 19.4 Å². The van der Waals surface area contributed by atoms with Crippen molar-refractivity contribution in [2.24, 2.45) is 0 Å². The van der Waals surface area contributed by atoms with Gasteiger partial charge in [0.05, 0.1) is 19.2 Å². The first-order chi connectivity index (χ1) is 11.8. The number of methoxy groups -OCH3 is 1. The topological polar surface area (TPSA) is 70.2 Å². The van der Waals surface area contributed by atoms with E-state index in [0.29, 0.717) is 11.7 Å². The molecule has 1 aliphatic heterocycles. The Balaban J connectivity index is 1.59. The number of aromatic nitrogens is 2. The van der Waals surface area contributed by atoms with Gasteiger partial charge in [-0.2, -0.15) is 5.10 Å². The van der Waals surface area contributed by atoms with Gasteiger partial charge in [0.15, 0.2) is 0 Å². The zero-order chi connectivity index (χ0) is 16.5. The highest BCUT2D eigenvalue weighted by Crippen LogP contribution is 2.41. The molecule has 1 aliphatic carbocycles. The average Bonchev–Trinajstić information content (AvgIpc) is 3.14. The highest BCUT2D eigenvalue weighted by molar-refractivity contribution is 5.92. The summed E-state index contributed by atoms with van der Waals surface area (Å²) in [6.45, 7) is 1.01. The van der Waals surface area contributed by atoms with Gasteiger partial charge in [-0.25, -0.2) is 0 Å². The maximum absolute atomic E-state index is 12.4. The van der Waals surface area contributed by atoms with Crippen LogP contribution in [0.3, 0.4) is 0 Å². The molecular weight excluding hydrogens is 304 g/mol. The molecule has 2 aromatic rings. The summed E-state index contributed by atoms with van der Waals surface area (Å²) in [4.78, 5) is 15.0. The van der Waals surface area contributed by atoms with Crippen molar-refractivity contribution in [3.8, 4) is 5.75 Å². The predicted molar refractivity (Wildman–Crippen MR) is 89.9 cm³/mol. The second-order valence-corrected chi connectivity index (χ2v) is 6.53. The maximum Gasteiger partial charge on any atom is 0.269 e. The quantitative estimate of drug-likeness (QED) is 0.883. The van der Waals surface area contributed by atoms with Crippen molar-refractivity contribution < 1.29 is 9.53 Å². The molecule has 6 nitrogen and oxygen atoms in total. The molecule has 0 bridgehead atoms. The summed E-state index contributed by atoms with van der Waals surface area (Å²) in [6.07, 6.45) is 5.06. The van der Waals surface area contributed by atoms with Crippen molar-refractivity contribution in [1.29, 1.82) is 0 Å². The zero-order valence-corrected chi connectivity index (χ0v) is 13.7. The summed E-state index contributed by atoms with van der Waals surface area (Å²) in [5.41, 5.74) is 1.71. The summed E-state index contributed by atoms with van der Waals surface area (Å²) in [7, 11) is 1.68. The molecule has 2 heterocycles. The lowest BCUT2D eigenvalue weighted by Crippen LogP contribution is -2.40. The fourth-order valence-corrected chi connectivity index (χ4v) is 3.66. The number of likely N-dealkylation sites (tertiary alicyclic amines) is 1. The Kier molecular flexibility index (Phi) is 3.98. The number of hydrogen-bond donors (Lipinski definition) is 2. The van der Waals surface area contributed by atoms with Gasteiger partial charge in [-0.15, -0.1) is 0 Å². The monoisotopic (exact) mass is 326 g/mol. The number of carbonyl (C=O) groups excluding carboxylic acids is 1. The summed E-state index contributed by atoms with van der Waals surface area (Å²) >= 11 is 0. The second-order valence-electron chi connectivity index (χ2n) is 6.53. The number of aromatic amines is 1. The van der Waals surface area contributed by atoms with Crippen LogP contribution in [-0.4, -0.2) is 46.7 Å². The summed E-state index contributed by atoms with van der Waals surface area (Å²) in [6, 6.07) is 10.8. The molecule has 2 N–H and O–H groups in total. The maximum atomic E-state index is 12.4. The number of nitrogens with zero attached hydrogens (tertiary/aromatic N) is 2. The largest absolute Gasteiger partial charge is 0.497 e. The third-order valence-electron chi connectivity index (χ3n) is 4.95. The van der Waals surface area contributed by atoms with E-state index < -0.39 is 0 Å². The van der Waals surface area contributed by atoms with Crippen LogP contribution < -0.4 is 10.1 Å². The summed E-state index contributed by atoms with van der Waals surface area (Å²) in [5.74, 6) is 0.761. The van der Waals surface area contributed by atoms with Crippen LogP contribution in [0.5, 0.6) is 5.75 Å².